The van der Waals surface area contributed by atoms with Gasteiger partial charge in [0.05, 0.1) is 0 Å². The standard InChI is InChI=1S/C10H17B2IO/c13-11-12-14-7-10-8-5-3-1-2-4-6-9(8)10/h1,3,8-12H,2,4-7H2/b3-1+. The first-order chi connectivity index (χ1) is 6.93. The molecule has 0 aliphatic heterocycles. The summed E-state index contributed by atoms with van der Waals surface area (Å²) in [4.78, 5) is 0. The largest absolute Gasteiger partial charge is 0.448 e. The third-order valence-corrected chi connectivity index (χ3v) is 3.96. The molecule has 1 nitrogen and oxygen atoms in total. The van der Waals surface area contributed by atoms with Gasteiger partial charge < -0.3 is 4.65 Å². The van der Waals surface area contributed by atoms with Crippen molar-refractivity contribution in [1.82, 2.24) is 0 Å². The van der Waals surface area contributed by atoms with Crippen molar-refractivity contribution >= 4 is 34.8 Å². The zero-order valence-electron chi connectivity index (χ0n) is 8.62. The number of hydrogen-bond donors (Lipinski definition) is 0. The minimum Gasteiger partial charge on any atom is -0.448 e. The lowest BCUT2D eigenvalue weighted by Gasteiger charge is -2.00. The van der Waals surface area contributed by atoms with E-state index in [0.29, 0.717) is 0 Å². The number of fused-ring (bicyclic) bond motifs is 1. The summed E-state index contributed by atoms with van der Waals surface area (Å²) in [5.74, 6) is 2.84. The predicted molar refractivity (Wildman–Crippen MR) is 72.3 cm³/mol. The lowest BCUT2D eigenvalue weighted by atomic mass is 9.72. The smallest absolute Gasteiger partial charge is 0.248 e. The van der Waals surface area contributed by atoms with Crippen molar-refractivity contribution in [3.8, 4) is 0 Å². The van der Waals surface area contributed by atoms with Crippen LogP contribution < -0.4 is 0 Å². The van der Waals surface area contributed by atoms with Gasteiger partial charge in [-0.3, -0.25) is 0 Å². The summed E-state index contributed by atoms with van der Waals surface area (Å²) in [5.41, 5.74) is 0. The molecule has 1 saturated carbocycles. The molecule has 2 rings (SSSR count). The number of halogens is 1. The molecule has 0 aromatic carbocycles. The van der Waals surface area contributed by atoms with Gasteiger partial charge in [-0.05, 0) is 43.4 Å². The Morgan fingerprint density at radius 3 is 3.14 bits per heavy atom. The van der Waals surface area contributed by atoms with Crippen LogP contribution in [0.1, 0.15) is 25.7 Å². The maximum atomic E-state index is 5.65. The molecule has 2 aliphatic carbocycles. The van der Waals surface area contributed by atoms with E-state index in [1.54, 1.807) is 0 Å². The van der Waals surface area contributed by atoms with Crippen LogP contribution in [0.2, 0.25) is 0 Å². The first-order valence-corrected chi connectivity index (χ1v) is 7.24. The molecule has 4 heteroatoms. The van der Waals surface area contributed by atoms with Crippen LogP contribution in [0.15, 0.2) is 12.2 Å². The molecule has 3 atom stereocenters. The highest BCUT2D eigenvalue weighted by Gasteiger charge is 2.48. The Morgan fingerprint density at radius 1 is 1.36 bits per heavy atom. The van der Waals surface area contributed by atoms with E-state index in [0.717, 1.165) is 36.8 Å². The second kappa shape index (κ2) is 5.59. The van der Waals surface area contributed by atoms with Gasteiger partial charge in [0.25, 0.3) is 0 Å². The van der Waals surface area contributed by atoms with Crippen molar-refractivity contribution in [2.75, 3.05) is 6.61 Å². The van der Waals surface area contributed by atoms with Crippen LogP contribution >= 0.6 is 22.4 Å². The van der Waals surface area contributed by atoms with Crippen molar-refractivity contribution in [3.05, 3.63) is 12.2 Å². The van der Waals surface area contributed by atoms with E-state index in [1.165, 1.54) is 25.7 Å². The van der Waals surface area contributed by atoms with Crippen LogP contribution in [0.5, 0.6) is 0 Å². The monoisotopic (exact) mass is 302 g/mol. The van der Waals surface area contributed by atoms with Crippen LogP contribution in [-0.4, -0.2) is 19.0 Å². The Balaban J connectivity index is 1.72. The van der Waals surface area contributed by atoms with Gasteiger partial charge in [0.15, 0.2) is 0 Å². The fourth-order valence-electron chi connectivity index (χ4n) is 2.67. The zero-order chi connectivity index (χ0) is 9.80. The summed E-state index contributed by atoms with van der Waals surface area (Å²) < 4.78 is 5.65. The van der Waals surface area contributed by atoms with Gasteiger partial charge in [0, 0.05) is 6.61 Å². The molecule has 0 spiro atoms. The molecule has 0 saturated heterocycles. The second-order valence-electron chi connectivity index (χ2n) is 4.39. The second-order valence-corrected chi connectivity index (χ2v) is 5.47. The van der Waals surface area contributed by atoms with Gasteiger partial charge >= 0.3 is 0 Å². The Kier molecular flexibility index (Phi) is 4.42. The molecule has 76 valence electrons. The Hall–Kier alpha value is 0.560. The molecular formula is C10H17B2IO. The summed E-state index contributed by atoms with van der Waals surface area (Å²) >= 11 is 2.37. The summed E-state index contributed by atoms with van der Waals surface area (Å²) in [6.07, 6.45) is 10.2. The van der Waals surface area contributed by atoms with Crippen molar-refractivity contribution in [2.24, 2.45) is 17.8 Å². The third kappa shape index (κ3) is 2.78. The summed E-state index contributed by atoms with van der Waals surface area (Å²) in [6, 6.07) is 0. The number of hydrogen-bond acceptors (Lipinski definition) is 1. The van der Waals surface area contributed by atoms with E-state index < -0.39 is 0 Å². The Bertz CT molecular complexity index is 210. The quantitative estimate of drug-likeness (QED) is 0.334. The van der Waals surface area contributed by atoms with Gasteiger partial charge in [0.2, 0.25) is 12.4 Å². The molecular weight excluding hydrogens is 285 g/mol. The molecule has 14 heavy (non-hydrogen) atoms. The molecule has 0 aromatic heterocycles. The van der Waals surface area contributed by atoms with Gasteiger partial charge in [-0.25, -0.2) is 0 Å². The Labute approximate surface area is 101 Å². The van der Waals surface area contributed by atoms with E-state index in [4.69, 9.17) is 4.65 Å². The molecule has 0 bridgehead atoms. The minimum atomic E-state index is 0.890. The molecule has 0 radical (unpaired) electrons. The van der Waals surface area contributed by atoms with E-state index in [2.05, 4.69) is 34.5 Å². The SMILES string of the molecule is IBBOCC1C2C/C=C/CCCC21. The van der Waals surface area contributed by atoms with E-state index in [9.17, 15) is 0 Å². The third-order valence-electron chi connectivity index (χ3n) is 3.52. The lowest BCUT2D eigenvalue weighted by molar-refractivity contribution is 0.307. The molecule has 1 fully saturated rings. The highest BCUT2D eigenvalue weighted by molar-refractivity contribution is 14.1. The number of rotatable bonds is 4. The van der Waals surface area contributed by atoms with E-state index in [-0.39, 0.29) is 0 Å². The van der Waals surface area contributed by atoms with Crippen molar-refractivity contribution in [1.29, 1.82) is 0 Å². The van der Waals surface area contributed by atoms with Crippen LogP contribution in [0, 0.1) is 17.8 Å². The minimum absolute atomic E-state index is 0.890. The predicted octanol–water partition coefficient (Wildman–Crippen LogP) is 2.05. The maximum absolute atomic E-state index is 5.65. The van der Waals surface area contributed by atoms with Crippen molar-refractivity contribution in [3.63, 3.8) is 0 Å². The van der Waals surface area contributed by atoms with Gasteiger partial charge in [-0.15, -0.1) is 0 Å². The summed E-state index contributed by atoms with van der Waals surface area (Å²) in [5, 5.41) is 1.12. The Morgan fingerprint density at radius 2 is 2.29 bits per heavy atom. The normalized spacial score (nSPS) is 37.6. The van der Waals surface area contributed by atoms with E-state index in [1.807, 2.05) is 0 Å². The van der Waals surface area contributed by atoms with Crippen molar-refractivity contribution < 1.29 is 4.65 Å². The zero-order valence-corrected chi connectivity index (χ0v) is 10.8. The lowest BCUT2D eigenvalue weighted by Crippen LogP contribution is -2.07. The fraction of sp³-hybridized carbons (Fsp3) is 0.800. The molecule has 2 aliphatic rings. The van der Waals surface area contributed by atoms with E-state index >= 15 is 0 Å². The fourth-order valence-corrected chi connectivity index (χ4v) is 2.98. The molecule has 0 heterocycles. The van der Waals surface area contributed by atoms with Crippen molar-refractivity contribution in [2.45, 2.75) is 25.7 Å². The van der Waals surface area contributed by atoms with Crippen LogP contribution in [0.25, 0.3) is 0 Å². The van der Waals surface area contributed by atoms with Crippen LogP contribution in [0.3, 0.4) is 0 Å². The first-order valence-electron chi connectivity index (χ1n) is 5.72. The highest BCUT2D eigenvalue weighted by atomic mass is 127. The van der Waals surface area contributed by atoms with Crippen LogP contribution in [-0.2, 0) is 4.65 Å². The molecule has 0 aromatic rings. The van der Waals surface area contributed by atoms with Crippen LogP contribution in [0.4, 0.5) is 0 Å². The van der Waals surface area contributed by atoms with Gasteiger partial charge in [-0.1, -0.05) is 12.2 Å². The average molecular weight is 302 g/mol. The molecule has 0 amide bonds. The molecule has 0 N–H and O–H groups in total. The summed E-state index contributed by atoms with van der Waals surface area (Å²) in [7, 11) is 0.937. The highest BCUT2D eigenvalue weighted by Crippen LogP contribution is 2.52. The number of allylic oxidation sites excluding steroid dienone is 2. The first kappa shape index (κ1) is 11.1. The topological polar surface area (TPSA) is 9.23 Å². The average Bonchev–Trinajstić information content (AvgIpc) is 2.76. The summed E-state index contributed by atoms with van der Waals surface area (Å²) in [6.45, 7) is 1.02. The maximum Gasteiger partial charge on any atom is 0.248 e. The van der Waals surface area contributed by atoms with Gasteiger partial charge in [0.1, 0.15) is 0 Å². The van der Waals surface area contributed by atoms with Gasteiger partial charge in [-0.2, -0.15) is 22.4 Å². The molecule has 3 unspecified atom stereocenters.